The number of halogens is 1. The third-order valence-electron chi connectivity index (χ3n) is 2.68. The van der Waals surface area contributed by atoms with Crippen molar-refractivity contribution in [2.45, 2.75) is 39.2 Å². The Bertz CT molecular complexity index is 373. The van der Waals surface area contributed by atoms with Crippen LogP contribution in [0.15, 0.2) is 18.2 Å². The third-order valence-corrected chi connectivity index (χ3v) is 2.99. The number of carbonyl (C=O) groups is 1. The van der Waals surface area contributed by atoms with E-state index in [0.29, 0.717) is 17.1 Å². The molecular weight excluding hydrogens is 236 g/mol. The summed E-state index contributed by atoms with van der Waals surface area (Å²) in [5.41, 5.74) is 7.39. The molecule has 1 unspecified atom stereocenters. The number of nitrogens with two attached hydrogens (primary N) is 1. The van der Waals surface area contributed by atoms with Gasteiger partial charge in [0, 0.05) is 0 Å². The van der Waals surface area contributed by atoms with E-state index in [9.17, 15) is 4.79 Å². The lowest BCUT2D eigenvalue weighted by atomic mass is 10.1. The number of nitrogens with one attached hydrogen (secondary N) is 1. The number of carbonyl (C=O) groups excluding carboxylic acids is 1. The van der Waals surface area contributed by atoms with Crippen LogP contribution in [0.2, 0.25) is 5.02 Å². The van der Waals surface area contributed by atoms with Crippen molar-refractivity contribution >= 4 is 23.2 Å². The summed E-state index contributed by atoms with van der Waals surface area (Å²) in [6.45, 7) is 3.97. The van der Waals surface area contributed by atoms with Gasteiger partial charge in [-0.15, -0.1) is 0 Å². The molecule has 1 rings (SSSR count). The van der Waals surface area contributed by atoms with Crippen LogP contribution in [0.3, 0.4) is 0 Å². The van der Waals surface area contributed by atoms with Gasteiger partial charge < -0.3 is 11.1 Å². The maximum atomic E-state index is 11.8. The van der Waals surface area contributed by atoms with Gasteiger partial charge in [0.1, 0.15) is 0 Å². The standard InChI is InChI=1S/C13H19ClN2O/c1-3-4-8-11(15)13(17)16-12-9(2)6-5-7-10(12)14/h5-7,11H,3-4,8,15H2,1-2H3,(H,16,17). The van der Waals surface area contributed by atoms with E-state index in [4.69, 9.17) is 17.3 Å². The third kappa shape index (κ3) is 4.02. The number of rotatable bonds is 5. The predicted molar refractivity (Wildman–Crippen MR) is 72.3 cm³/mol. The van der Waals surface area contributed by atoms with Gasteiger partial charge in [0.15, 0.2) is 0 Å². The molecule has 0 bridgehead atoms. The Morgan fingerprint density at radius 1 is 1.53 bits per heavy atom. The largest absolute Gasteiger partial charge is 0.323 e. The van der Waals surface area contributed by atoms with Crippen LogP contribution in [0.1, 0.15) is 31.7 Å². The van der Waals surface area contributed by atoms with Crippen LogP contribution in [0.25, 0.3) is 0 Å². The lowest BCUT2D eigenvalue weighted by molar-refractivity contribution is -0.117. The van der Waals surface area contributed by atoms with E-state index in [1.54, 1.807) is 6.07 Å². The monoisotopic (exact) mass is 254 g/mol. The normalized spacial score (nSPS) is 12.2. The fraction of sp³-hybridized carbons (Fsp3) is 0.462. The van der Waals surface area contributed by atoms with Gasteiger partial charge >= 0.3 is 0 Å². The predicted octanol–water partition coefficient (Wildman–Crippen LogP) is 3.10. The smallest absolute Gasteiger partial charge is 0.241 e. The van der Waals surface area contributed by atoms with E-state index in [1.165, 1.54) is 0 Å². The second-order valence-corrected chi connectivity index (χ2v) is 4.58. The van der Waals surface area contributed by atoms with Crippen molar-refractivity contribution in [2.75, 3.05) is 5.32 Å². The molecule has 1 amide bonds. The van der Waals surface area contributed by atoms with E-state index >= 15 is 0 Å². The Labute approximate surface area is 107 Å². The molecule has 1 aromatic carbocycles. The van der Waals surface area contributed by atoms with Crippen LogP contribution in [0, 0.1) is 6.92 Å². The number of benzene rings is 1. The molecule has 0 fully saturated rings. The fourth-order valence-electron chi connectivity index (χ4n) is 1.56. The first-order chi connectivity index (χ1) is 8.06. The minimum Gasteiger partial charge on any atom is -0.323 e. The van der Waals surface area contributed by atoms with Gasteiger partial charge in [-0.1, -0.05) is 43.5 Å². The molecule has 0 heterocycles. The van der Waals surface area contributed by atoms with Crippen LogP contribution in [0.5, 0.6) is 0 Å². The average Bonchev–Trinajstić information content (AvgIpc) is 2.30. The maximum absolute atomic E-state index is 11.8. The second kappa shape index (κ2) is 6.62. The number of hydrogen-bond acceptors (Lipinski definition) is 2. The van der Waals surface area contributed by atoms with E-state index in [2.05, 4.69) is 12.2 Å². The van der Waals surface area contributed by atoms with Crippen molar-refractivity contribution in [2.24, 2.45) is 5.73 Å². The topological polar surface area (TPSA) is 55.1 Å². The van der Waals surface area contributed by atoms with E-state index in [1.807, 2.05) is 19.1 Å². The molecule has 0 aromatic heterocycles. The maximum Gasteiger partial charge on any atom is 0.241 e. The van der Waals surface area contributed by atoms with Gasteiger partial charge in [0.2, 0.25) is 5.91 Å². The van der Waals surface area contributed by atoms with Crippen LogP contribution in [0.4, 0.5) is 5.69 Å². The Morgan fingerprint density at radius 2 is 2.24 bits per heavy atom. The fourth-order valence-corrected chi connectivity index (χ4v) is 1.83. The quantitative estimate of drug-likeness (QED) is 0.848. The van der Waals surface area contributed by atoms with Gasteiger partial charge in [0.25, 0.3) is 0 Å². The molecule has 0 radical (unpaired) electrons. The van der Waals surface area contributed by atoms with Crippen molar-refractivity contribution in [1.29, 1.82) is 0 Å². The van der Waals surface area contributed by atoms with E-state index in [0.717, 1.165) is 18.4 Å². The Hall–Kier alpha value is -1.06. The number of anilines is 1. The minimum atomic E-state index is -0.467. The van der Waals surface area contributed by atoms with Gasteiger partial charge in [-0.25, -0.2) is 0 Å². The molecule has 1 aromatic rings. The average molecular weight is 255 g/mol. The number of para-hydroxylation sites is 1. The Balaban J connectivity index is 2.68. The molecule has 0 aliphatic carbocycles. The van der Waals surface area contributed by atoms with Crippen molar-refractivity contribution < 1.29 is 4.79 Å². The molecule has 0 saturated heterocycles. The van der Waals surface area contributed by atoms with E-state index < -0.39 is 6.04 Å². The van der Waals surface area contributed by atoms with Crippen molar-refractivity contribution in [3.05, 3.63) is 28.8 Å². The van der Waals surface area contributed by atoms with Gasteiger partial charge in [-0.2, -0.15) is 0 Å². The zero-order valence-corrected chi connectivity index (χ0v) is 11.1. The first kappa shape index (κ1) is 14.0. The molecule has 0 spiro atoms. The van der Waals surface area contributed by atoms with Crippen LogP contribution >= 0.6 is 11.6 Å². The lowest BCUT2D eigenvalue weighted by Crippen LogP contribution is -2.35. The molecule has 4 heteroatoms. The first-order valence-corrected chi connectivity index (χ1v) is 6.25. The lowest BCUT2D eigenvalue weighted by Gasteiger charge is -2.14. The molecule has 0 aliphatic rings. The summed E-state index contributed by atoms with van der Waals surface area (Å²) in [6.07, 6.45) is 2.69. The number of unbranched alkanes of at least 4 members (excludes halogenated alkanes) is 1. The van der Waals surface area contributed by atoms with Crippen molar-refractivity contribution in [3.63, 3.8) is 0 Å². The molecule has 3 N–H and O–H groups in total. The van der Waals surface area contributed by atoms with Crippen LogP contribution in [-0.2, 0) is 4.79 Å². The molecule has 0 aliphatic heterocycles. The summed E-state index contributed by atoms with van der Waals surface area (Å²) >= 11 is 6.03. The van der Waals surface area contributed by atoms with Gasteiger partial charge in [0.05, 0.1) is 16.8 Å². The van der Waals surface area contributed by atoms with Gasteiger partial charge in [-0.3, -0.25) is 4.79 Å². The molecule has 1 atom stereocenters. The Kier molecular flexibility index (Phi) is 5.45. The summed E-state index contributed by atoms with van der Waals surface area (Å²) < 4.78 is 0. The van der Waals surface area contributed by atoms with Crippen molar-refractivity contribution in [1.82, 2.24) is 0 Å². The van der Waals surface area contributed by atoms with Crippen LogP contribution in [-0.4, -0.2) is 11.9 Å². The summed E-state index contributed by atoms with van der Waals surface area (Å²) in [7, 11) is 0. The highest BCUT2D eigenvalue weighted by Gasteiger charge is 2.15. The first-order valence-electron chi connectivity index (χ1n) is 5.87. The highest BCUT2D eigenvalue weighted by Crippen LogP contribution is 2.25. The minimum absolute atomic E-state index is 0.172. The number of aryl methyl sites for hydroxylation is 1. The molecular formula is C13H19ClN2O. The molecule has 17 heavy (non-hydrogen) atoms. The summed E-state index contributed by atoms with van der Waals surface area (Å²) in [5, 5.41) is 3.33. The van der Waals surface area contributed by atoms with Crippen molar-refractivity contribution in [3.8, 4) is 0 Å². The SMILES string of the molecule is CCCCC(N)C(=O)Nc1c(C)cccc1Cl. The van der Waals surface area contributed by atoms with E-state index in [-0.39, 0.29) is 5.91 Å². The zero-order chi connectivity index (χ0) is 12.8. The van der Waals surface area contributed by atoms with Crippen LogP contribution < -0.4 is 11.1 Å². The summed E-state index contributed by atoms with van der Waals surface area (Å²) in [5.74, 6) is -0.172. The molecule has 3 nitrogen and oxygen atoms in total. The molecule has 0 saturated carbocycles. The summed E-state index contributed by atoms with van der Waals surface area (Å²) in [4.78, 5) is 11.8. The Morgan fingerprint density at radius 3 is 2.82 bits per heavy atom. The number of hydrogen-bond donors (Lipinski definition) is 2. The second-order valence-electron chi connectivity index (χ2n) is 4.17. The summed E-state index contributed by atoms with van der Waals surface area (Å²) in [6, 6.07) is 5.04. The highest BCUT2D eigenvalue weighted by molar-refractivity contribution is 6.34. The zero-order valence-electron chi connectivity index (χ0n) is 10.3. The highest BCUT2D eigenvalue weighted by atomic mass is 35.5. The van der Waals surface area contributed by atoms with Gasteiger partial charge in [-0.05, 0) is 25.0 Å². The number of amides is 1. The molecule has 94 valence electrons.